The van der Waals surface area contributed by atoms with Crippen molar-refractivity contribution in [3.63, 3.8) is 0 Å². The number of hydrogen-bond acceptors (Lipinski definition) is 4. The summed E-state index contributed by atoms with van der Waals surface area (Å²) in [5, 5.41) is 5.08. The molecule has 3 aromatic heterocycles. The summed E-state index contributed by atoms with van der Waals surface area (Å²) in [6.07, 6.45) is 3.63. The molecule has 0 spiro atoms. The first-order chi connectivity index (χ1) is 36.3. The molecule has 6 aromatic carbocycles. The van der Waals surface area contributed by atoms with Gasteiger partial charge in [0.15, 0.2) is 0 Å². The Kier molecular flexibility index (Phi) is 11.1. The van der Waals surface area contributed by atoms with Crippen LogP contribution in [0.25, 0.3) is 55.9 Å². The SMILES string of the molecule is [2H]c1c([2H])c([2H])c(-c2cc(C(C)(C)C)cc(-c3cc(C(C)(C)C)cc(C(C)(C)C)c3)c2-n2[c](=[Pt])n(-c3[c-]c(Oc4[c-]c5c(cc4)-c4c(C)c(C)nn4B(CCC)N5c4cc(C)ccn4)ccc3)c3ccccc32)c([2H])c1[2H]. The number of para-hydroxylation sites is 2. The average molecular weight is 1130 g/mol. The summed E-state index contributed by atoms with van der Waals surface area (Å²) in [7, 11) is 0. The van der Waals surface area contributed by atoms with Gasteiger partial charge < -0.3 is 0 Å². The molecule has 0 bridgehead atoms. The first-order valence-electron chi connectivity index (χ1n) is 27.4. The van der Waals surface area contributed by atoms with Gasteiger partial charge in [-0.3, -0.25) is 0 Å². The molecule has 9 aromatic rings. The van der Waals surface area contributed by atoms with Crippen LogP contribution in [0.3, 0.4) is 0 Å². The minimum atomic E-state index is -0.436. The second kappa shape index (κ2) is 18.5. The van der Waals surface area contributed by atoms with Crippen molar-refractivity contribution in [2.75, 3.05) is 4.81 Å². The van der Waals surface area contributed by atoms with Crippen LogP contribution >= 0.6 is 0 Å². The first kappa shape index (κ1) is 43.1. The van der Waals surface area contributed by atoms with E-state index in [1.165, 1.54) is 11.1 Å². The summed E-state index contributed by atoms with van der Waals surface area (Å²) in [5.74, 6) is 1.82. The van der Waals surface area contributed by atoms with E-state index in [1.807, 2.05) is 54.7 Å². The molecular formula is C63H65BN6OPt-2. The van der Waals surface area contributed by atoms with E-state index >= 15 is 0 Å². The summed E-state index contributed by atoms with van der Waals surface area (Å²) >= 11 is 2.37. The Balaban J connectivity index is 1.21. The van der Waals surface area contributed by atoms with Gasteiger partial charge in [0.1, 0.15) is 0 Å². The zero-order valence-electron chi connectivity index (χ0n) is 48.7. The monoisotopic (exact) mass is 1130 g/mol. The van der Waals surface area contributed by atoms with Crippen molar-refractivity contribution in [1.29, 1.82) is 0 Å². The fraction of sp³-hybridized carbons (Fsp3) is 0.286. The number of aromatic nitrogens is 5. The second-order valence-corrected chi connectivity index (χ2v) is 23.3. The van der Waals surface area contributed by atoms with Crippen LogP contribution < -0.4 is 9.55 Å². The Bertz CT molecular complexity index is 3850. The van der Waals surface area contributed by atoms with Crippen LogP contribution in [0, 0.1) is 36.7 Å². The average Bonchev–Trinajstić information content (AvgIpc) is 3.85. The van der Waals surface area contributed by atoms with Crippen molar-refractivity contribution >= 4 is 29.5 Å². The Hall–Kier alpha value is -6.50. The third-order valence-electron chi connectivity index (χ3n) is 13.9. The molecule has 0 fully saturated rings. The maximum atomic E-state index is 9.50. The summed E-state index contributed by atoms with van der Waals surface area (Å²) in [6.45, 7) is 28.2. The molecule has 9 heteroatoms. The molecule has 0 N–H and O–H groups in total. The van der Waals surface area contributed by atoms with Gasteiger partial charge in [-0.15, -0.1) is 0 Å². The normalized spacial score (nSPS) is 13.9. The van der Waals surface area contributed by atoms with Gasteiger partial charge in [0.25, 0.3) is 0 Å². The third-order valence-corrected chi connectivity index (χ3v) is 14.9. The summed E-state index contributed by atoms with van der Waals surface area (Å²) in [5.41, 5.74) is 14.3. The number of hydrogen-bond donors (Lipinski definition) is 0. The number of rotatable bonds is 9. The van der Waals surface area contributed by atoms with Crippen LogP contribution in [0.5, 0.6) is 11.5 Å². The van der Waals surface area contributed by atoms with Gasteiger partial charge in [-0.1, -0.05) is 13.3 Å². The summed E-state index contributed by atoms with van der Waals surface area (Å²) < 4.78 is 59.6. The number of pyridine rings is 1. The van der Waals surface area contributed by atoms with E-state index < -0.39 is 11.5 Å². The van der Waals surface area contributed by atoms with Crippen LogP contribution in [0.2, 0.25) is 6.32 Å². The van der Waals surface area contributed by atoms with Gasteiger partial charge in [0.2, 0.25) is 0 Å². The van der Waals surface area contributed by atoms with Crippen molar-refractivity contribution < 1.29 is 30.9 Å². The number of imidazole rings is 1. The van der Waals surface area contributed by atoms with E-state index in [0.717, 1.165) is 83.9 Å². The molecule has 0 aliphatic carbocycles. The fourth-order valence-electron chi connectivity index (χ4n) is 9.81. The standard InChI is InChI=1S/C63H65BN6O.Pt/c1-14-30-64-69(58-32-41(2)29-31-65-58)57-39-51(27-28-52(57)59-42(3)43(4)66-70(59)64)71-50-24-20-23-49(38-50)67-40-68(56-26-19-18-25-55(56)67)60-53(44-21-16-15-17-22-44)36-48(63(11,12)13)37-54(60)45-33-46(61(5,6)7)35-47(34-45)62(8,9)10;/h15-29,31-37H,14,30H2,1-13H3;/q-2;/i15D,16D,17D,21D,22D;. The van der Waals surface area contributed by atoms with Crippen molar-refractivity contribution in [3.05, 3.63) is 183 Å². The van der Waals surface area contributed by atoms with E-state index in [2.05, 4.69) is 189 Å². The first-order valence-corrected chi connectivity index (χ1v) is 26.1. The van der Waals surface area contributed by atoms with Crippen molar-refractivity contribution in [3.8, 4) is 56.4 Å². The van der Waals surface area contributed by atoms with Gasteiger partial charge in [0, 0.05) is 6.20 Å². The van der Waals surface area contributed by atoms with Crippen LogP contribution in [-0.4, -0.2) is 30.8 Å². The molecule has 0 amide bonds. The molecule has 0 saturated carbocycles. The van der Waals surface area contributed by atoms with E-state index in [1.54, 1.807) is 0 Å². The van der Waals surface area contributed by atoms with E-state index in [4.69, 9.17) is 18.9 Å². The summed E-state index contributed by atoms with van der Waals surface area (Å²) in [6, 6.07) is 38.9. The van der Waals surface area contributed by atoms with Crippen LogP contribution in [0.4, 0.5) is 11.5 Å². The molecule has 10 rings (SSSR count). The van der Waals surface area contributed by atoms with Gasteiger partial charge in [-0.2, -0.15) is 5.10 Å². The van der Waals surface area contributed by atoms with Crippen LogP contribution in [0.15, 0.2) is 133 Å². The quantitative estimate of drug-likeness (QED) is 0.107. The number of benzene rings is 6. The molecule has 0 saturated heterocycles. The summed E-state index contributed by atoms with van der Waals surface area (Å²) in [4.78, 5) is 7.13. The van der Waals surface area contributed by atoms with Crippen molar-refractivity contribution in [2.45, 2.75) is 119 Å². The van der Waals surface area contributed by atoms with Gasteiger partial charge >= 0.3 is 385 Å². The van der Waals surface area contributed by atoms with Crippen LogP contribution in [0.1, 0.15) is 116 Å². The third kappa shape index (κ3) is 8.95. The topological polar surface area (TPSA) is 53.0 Å². The molecule has 1 aliphatic rings. The predicted molar refractivity (Wildman–Crippen MR) is 295 cm³/mol. The molecule has 368 valence electrons. The van der Waals surface area contributed by atoms with Gasteiger partial charge in [0.05, 0.1) is 5.69 Å². The Morgan fingerprint density at radius 1 is 0.667 bits per heavy atom. The van der Waals surface area contributed by atoms with Gasteiger partial charge in [-0.05, 0) is 32.4 Å². The molecule has 0 unspecified atom stereocenters. The molecule has 4 heterocycles. The van der Waals surface area contributed by atoms with E-state index in [-0.39, 0.29) is 47.5 Å². The Morgan fingerprint density at radius 2 is 1.29 bits per heavy atom. The Morgan fingerprint density at radius 3 is 1.93 bits per heavy atom. The zero-order valence-corrected chi connectivity index (χ0v) is 46.0. The zero-order chi connectivity index (χ0) is 55.4. The number of aryl methyl sites for hydroxylation is 2. The molecular weight excluding hydrogens is 1060 g/mol. The minimum absolute atomic E-state index is 0.129. The fourth-order valence-corrected chi connectivity index (χ4v) is 10.9. The molecule has 0 radical (unpaired) electrons. The molecule has 72 heavy (non-hydrogen) atoms. The molecule has 1 aliphatic heterocycles. The van der Waals surface area contributed by atoms with Gasteiger partial charge in [-0.25, -0.2) is 0 Å². The molecule has 7 nitrogen and oxygen atoms in total. The van der Waals surface area contributed by atoms with Crippen molar-refractivity contribution in [1.82, 2.24) is 23.8 Å². The maximum absolute atomic E-state index is 9.50. The number of ether oxygens (including phenoxy) is 1. The van der Waals surface area contributed by atoms with E-state index in [0.29, 0.717) is 28.4 Å². The Labute approximate surface area is 445 Å². The van der Waals surface area contributed by atoms with E-state index in [9.17, 15) is 2.74 Å². The van der Waals surface area contributed by atoms with Crippen LogP contribution in [-0.2, 0) is 35.6 Å². The number of nitrogens with zero attached hydrogens (tertiary/aromatic N) is 6. The molecule has 0 atom stereocenters. The van der Waals surface area contributed by atoms with Crippen molar-refractivity contribution in [2.24, 2.45) is 0 Å². The second-order valence-electron chi connectivity index (χ2n) is 22.3. The number of anilines is 2. The predicted octanol–water partition coefficient (Wildman–Crippen LogP) is 16.2. The number of fused-ring (bicyclic) bond motifs is 4.